The summed E-state index contributed by atoms with van der Waals surface area (Å²) in [7, 11) is 1.70. The van der Waals surface area contributed by atoms with Crippen molar-refractivity contribution in [2.45, 2.75) is 31.8 Å². The van der Waals surface area contributed by atoms with Crippen LogP contribution in [0.2, 0.25) is 0 Å². The predicted molar refractivity (Wildman–Crippen MR) is 76.9 cm³/mol. The molecule has 1 aliphatic carbocycles. The summed E-state index contributed by atoms with van der Waals surface area (Å²) >= 11 is 0. The van der Waals surface area contributed by atoms with Crippen molar-refractivity contribution in [2.24, 2.45) is 0 Å². The normalized spacial score (nSPS) is 14.4. The van der Waals surface area contributed by atoms with E-state index in [2.05, 4.69) is 16.4 Å². The van der Waals surface area contributed by atoms with Gasteiger partial charge in [-0.1, -0.05) is 6.07 Å². The van der Waals surface area contributed by atoms with Gasteiger partial charge in [-0.25, -0.2) is 4.98 Å². The minimum absolute atomic E-state index is 0.528. The second-order valence-electron chi connectivity index (χ2n) is 4.93. The zero-order valence-electron chi connectivity index (χ0n) is 12.1. The van der Waals surface area contributed by atoms with Gasteiger partial charge in [0.15, 0.2) is 0 Å². The van der Waals surface area contributed by atoms with Crippen molar-refractivity contribution in [3.05, 3.63) is 23.9 Å². The summed E-state index contributed by atoms with van der Waals surface area (Å²) in [6.45, 7) is 3.37. The Hall–Kier alpha value is -1.17. The van der Waals surface area contributed by atoms with E-state index in [0.717, 1.165) is 25.1 Å². The van der Waals surface area contributed by atoms with Crippen LogP contribution in [0, 0.1) is 0 Å². The zero-order chi connectivity index (χ0) is 14.0. The molecule has 0 spiro atoms. The first-order valence-electron chi connectivity index (χ1n) is 7.27. The van der Waals surface area contributed by atoms with Crippen molar-refractivity contribution in [2.75, 3.05) is 33.5 Å². The van der Waals surface area contributed by atoms with Gasteiger partial charge < -0.3 is 19.5 Å². The van der Waals surface area contributed by atoms with E-state index in [0.29, 0.717) is 31.7 Å². The Morgan fingerprint density at radius 1 is 1.25 bits per heavy atom. The standard InChI is InChI=1S/C15H24N2O3/c1-18-8-3-9-19-10-11-20-15-13(4-2-7-16-15)12-17-14-5-6-14/h2,4,7,14,17H,3,5-6,8-12H2,1H3. The molecule has 5 nitrogen and oxygen atoms in total. The SMILES string of the molecule is COCCCOCCOc1ncccc1CNC1CC1. The summed E-state index contributed by atoms with van der Waals surface area (Å²) in [5, 5.41) is 3.47. The van der Waals surface area contributed by atoms with Crippen LogP contribution in [0.3, 0.4) is 0 Å². The Morgan fingerprint density at radius 2 is 2.15 bits per heavy atom. The number of methoxy groups -OCH3 is 1. The minimum atomic E-state index is 0.528. The summed E-state index contributed by atoms with van der Waals surface area (Å²) < 4.78 is 16.1. The summed E-state index contributed by atoms with van der Waals surface area (Å²) in [6.07, 6.45) is 5.24. The molecule has 0 saturated heterocycles. The molecule has 0 aromatic carbocycles. The van der Waals surface area contributed by atoms with Crippen LogP contribution < -0.4 is 10.1 Å². The van der Waals surface area contributed by atoms with Crippen molar-refractivity contribution >= 4 is 0 Å². The molecule has 1 aromatic heterocycles. The first-order chi connectivity index (χ1) is 9.90. The third-order valence-electron chi connectivity index (χ3n) is 3.11. The monoisotopic (exact) mass is 280 g/mol. The van der Waals surface area contributed by atoms with Crippen molar-refractivity contribution < 1.29 is 14.2 Å². The number of pyridine rings is 1. The second kappa shape index (κ2) is 8.89. The lowest BCUT2D eigenvalue weighted by Gasteiger charge is -2.11. The molecular formula is C15H24N2O3. The van der Waals surface area contributed by atoms with Crippen molar-refractivity contribution in [3.63, 3.8) is 0 Å². The predicted octanol–water partition coefficient (Wildman–Crippen LogP) is 1.77. The maximum atomic E-state index is 5.69. The first kappa shape index (κ1) is 15.2. The van der Waals surface area contributed by atoms with Crippen LogP contribution in [-0.2, 0) is 16.0 Å². The molecule has 0 atom stereocenters. The number of aromatic nitrogens is 1. The maximum Gasteiger partial charge on any atom is 0.217 e. The molecule has 5 heteroatoms. The smallest absolute Gasteiger partial charge is 0.217 e. The van der Waals surface area contributed by atoms with Crippen LogP contribution in [0.1, 0.15) is 24.8 Å². The molecule has 1 aromatic rings. The fourth-order valence-electron chi connectivity index (χ4n) is 1.84. The van der Waals surface area contributed by atoms with Gasteiger partial charge in [0, 0.05) is 44.7 Å². The molecule has 0 aliphatic heterocycles. The fraction of sp³-hybridized carbons (Fsp3) is 0.667. The molecule has 0 bridgehead atoms. The van der Waals surface area contributed by atoms with Gasteiger partial charge in [0.05, 0.1) is 6.61 Å². The third kappa shape index (κ3) is 5.86. The average Bonchev–Trinajstić information content (AvgIpc) is 3.29. The molecule has 0 unspecified atom stereocenters. The third-order valence-corrected chi connectivity index (χ3v) is 3.11. The van der Waals surface area contributed by atoms with Crippen LogP contribution in [0.4, 0.5) is 0 Å². The molecule has 0 radical (unpaired) electrons. The van der Waals surface area contributed by atoms with Crippen LogP contribution in [0.5, 0.6) is 5.88 Å². The molecule has 1 saturated carbocycles. The Labute approximate surface area is 120 Å². The minimum Gasteiger partial charge on any atom is -0.475 e. The van der Waals surface area contributed by atoms with E-state index in [-0.39, 0.29) is 0 Å². The largest absolute Gasteiger partial charge is 0.475 e. The van der Waals surface area contributed by atoms with Gasteiger partial charge in [-0.05, 0) is 25.3 Å². The fourth-order valence-corrected chi connectivity index (χ4v) is 1.84. The molecule has 0 amide bonds. The lowest BCUT2D eigenvalue weighted by atomic mass is 10.2. The van der Waals surface area contributed by atoms with Gasteiger partial charge in [-0.3, -0.25) is 0 Å². The number of nitrogens with one attached hydrogen (secondary N) is 1. The van der Waals surface area contributed by atoms with Gasteiger partial charge in [-0.2, -0.15) is 0 Å². The molecule has 20 heavy (non-hydrogen) atoms. The highest BCUT2D eigenvalue weighted by molar-refractivity contribution is 5.25. The van der Waals surface area contributed by atoms with E-state index < -0.39 is 0 Å². The van der Waals surface area contributed by atoms with Gasteiger partial charge in [0.25, 0.3) is 0 Å². The van der Waals surface area contributed by atoms with E-state index in [4.69, 9.17) is 14.2 Å². The number of hydrogen-bond acceptors (Lipinski definition) is 5. The second-order valence-corrected chi connectivity index (χ2v) is 4.93. The highest BCUT2D eigenvalue weighted by atomic mass is 16.5. The summed E-state index contributed by atoms with van der Waals surface area (Å²) in [5.74, 6) is 0.709. The topological polar surface area (TPSA) is 52.6 Å². The summed E-state index contributed by atoms with van der Waals surface area (Å²) in [4.78, 5) is 4.29. The van der Waals surface area contributed by atoms with Crippen LogP contribution in [0.25, 0.3) is 0 Å². The lowest BCUT2D eigenvalue weighted by Crippen LogP contribution is -2.17. The summed E-state index contributed by atoms with van der Waals surface area (Å²) in [6, 6.07) is 4.68. The van der Waals surface area contributed by atoms with E-state index in [1.165, 1.54) is 12.8 Å². The molecule has 112 valence electrons. The number of rotatable bonds is 11. The van der Waals surface area contributed by atoms with Crippen molar-refractivity contribution in [1.82, 2.24) is 10.3 Å². The number of nitrogens with zero attached hydrogens (tertiary/aromatic N) is 1. The van der Waals surface area contributed by atoms with E-state index >= 15 is 0 Å². The van der Waals surface area contributed by atoms with Crippen LogP contribution in [-0.4, -0.2) is 44.6 Å². The van der Waals surface area contributed by atoms with Crippen LogP contribution >= 0.6 is 0 Å². The van der Waals surface area contributed by atoms with Crippen molar-refractivity contribution in [3.8, 4) is 5.88 Å². The van der Waals surface area contributed by atoms with Gasteiger partial charge in [0.2, 0.25) is 5.88 Å². The Balaban J connectivity index is 1.63. The van der Waals surface area contributed by atoms with E-state index in [1.807, 2.05) is 6.07 Å². The van der Waals surface area contributed by atoms with Gasteiger partial charge >= 0.3 is 0 Å². The highest BCUT2D eigenvalue weighted by Crippen LogP contribution is 2.21. The van der Waals surface area contributed by atoms with E-state index in [1.54, 1.807) is 13.3 Å². The van der Waals surface area contributed by atoms with Crippen LogP contribution in [0.15, 0.2) is 18.3 Å². The van der Waals surface area contributed by atoms with Gasteiger partial charge in [-0.15, -0.1) is 0 Å². The zero-order valence-corrected chi connectivity index (χ0v) is 12.1. The highest BCUT2D eigenvalue weighted by Gasteiger charge is 2.20. The molecule has 1 heterocycles. The maximum absolute atomic E-state index is 5.69. The molecule has 1 N–H and O–H groups in total. The van der Waals surface area contributed by atoms with E-state index in [9.17, 15) is 0 Å². The number of hydrogen-bond donors (Lipinski definition) is 1. The molecule has 2 rings (SSSR count). The average molecular weight is 280 g/mol. The molecule has 1 fully saturated rings. The first-order valence-corrected chi connectivity index (χ1v) is 7.27. The lowest BCUT2D eigenvalue weighted by molar-refractivity contribution is 0.0793. The van der Waals surface area contributed by atoms with Crippen molar-refractivity contribution in [1.29, 1.82) is 0 Å². The quantitative estimate of drug-likeness (QED) is 0.626. The molecular weight excluding hydrogens is 256 g/mol. The number of ether oxygens (including phenoxy) is 3. The Morgan fingerprint density at radius 3 is 2.95 bits per heavy atom. The summed E-state index contributed by atoms with van der Waals surface area (Å²) in [5.41, 5.74) is 1.11. The Bertz CT molecular complexity index is 383. The molecule has 1 aliphatic rings. The van der Waals surface area contributed by atoms with Gasteiger partial charge in [0.1, 0.15) is 6.61 Å². The Kier molecular flexibility index (Phi) is 6.77.